The second-order valence-corrected chi connectivity index (χ2v) is 4.58. The van der Waals surface area contributed by atoms with Gasteiger partial charge in [-0.3, -0.25) is 0 Å². The third-order valence-corrected chi connectivity index (χ3v) is 2.82. The quantitative estimate of drug-likeness (QED) is 0.695. The first kappa shape index (κ1) is 15.7. The van der Waals surface area contributed by atoms with E-state index in [0.717, 1.165) is 56.4 Å². The third-order valence-electron chi connectivity index (χ3n) is 2.82. The van der Waals surface area contributed by atoms with Crippen molar-refractivity contribution in [3.8, 4) is 0 Å². The molecule has 0 aliphatic rings. The highest BCUT2D eigenvalue weighted by atomic mass is 16.5. The van der Waals surface area contributed by atoms with Crippen molar-refractivity contribution in [2.24, 2.45) is 0 Å². The minimum Gasteiger partial charge on any atom is -0.385 e. The largest absolute Gasteiger partial charge is 0.385 e. The molecule has 1 N–H and O–H groups in total. The molecular formula is C14H26N4O. The SMILES string of the molecule is CCCc1nc(NCC)cc(N(C)CCCOC)n1. The molecule has 5 nitrogen and oxygen atoms in total. The molecule has 5 heteroatoms. The van der Waals surface area contributed by atoms with Gasteiger partial charge in [0.05, 0.1) is 0 Å². The van der Waals surface area contributed by atoms with Gasteiger partial charge >= 0.3 is 0 Å². The molecule has 0 aromatic carbocycles. The Labute approximate surface area is 116 Å². The molecule has 19 heavy (non-hydrogen) atoms. The fourth-order valence-electron chi connectivity index (χ4n) is 1.85. The Bertz CT molecular complexity index is 346. The van der Waals surface area contributed by atoms with Crippen LogP contribution < -0.4 is 10.2 Å². The number of hydrogen-bond acceptors (Lipinski definition) is 5. The van der Waals surface area contributed by atoms with Gasteiger partial charge in [-0.25, -0.2) is 9.97 Å². The second kappa shape index (κ2) is 8.69. The van der Waals surface area contributed by atoms with E-state index in [9.17, 15) is 0 Å². The zero-order chi connectivity index (χ0) is 14.1. The smallest absolute Gasteiger partial charge is 0.134 e. The van der Waals surface area contributed by atoms with Crippen molar-refractivity contribution in [2.45, 2.75) is 33.1 Å². The van der Waals surface area contributed by atoms with Crippen molar-refractivity contribution in [1.29, 1.82) is 0 Å². The lowest BCUT2D eigenvalue weighted by molar-refractivity contribution is 0.196. The van der Waals surface area contributed by atoms with Gasteiger partial charge in [0.25, 0.3) is 0 Å². The molecule has 0 spiro atoms. The van der Waals surface area contributed by atoms with Gasteiger partial charge < -0.3 is 15.0 Å². The lowest BCUT2D eigenvalue weighted by Gasteiger charge is -2.19. The van der Waals surface area contributed by atoms with E-state index >= 15 is 0 Å². The molecule has 1 aromatic heterocycles. The van der Waals surface area contributed by atoms with Crippen LogP contribution in [-0.2, 0) is 11.2 Å². The van der Waals surface area contributed by atoms with Gasteiger partial charge in [-0.05, 0) is 19.8 Å². The van der Waals surface area contributed by atoms with E-state index in [0.29, 0.717) is 0 Å². The first-order valence-electron chi connectivity index (χ1n) is 7.03. The van der Waals surface area contributed by atoms with E-state index in [1.807, 2.05) is 6.07 Å². The van der Waals surface area contributed by atoms with Crippen LogP contribution in [0.15, 0.2) is 6.07 Å². The highest BCUT2D eigenvalue weighted by molar-refractivity contribution is 5.49. The molecule has 1 rings (SSSR count). The maximum absolute atomic E-state index is 5.08. The van der Waals surface area contributed by atoms with Crippen LogP contribution in [0.2, 0.25) is 0 Å². The summed E-state index contributed by atoms with van der Waals surface area (Å²) in [6.45, 7) is 6.80. The Morgan fingerprint density at radius 3 is 2.74 bits per heavy atom. The van der Waals surface area contributed by atoms with Crippen LogP contribution in [0.4, 0.5) is 11.6 Å². The summed E-state index contributed by atoms with van der Waals surface area (Å²) < 4.78 is 5.08. The summed E-state index contributed by atoms with van der Waals surface area (Å²) in [5.74, 6) is 2.80. The minimum atomic E-state index is 0.775. The summed E-state index contributed by atoms with van der Waals surface area (Å²) in [4.78, 5) is 11.3. The van der Waals surface area contributed by atoms with Crippen molar-refractivity contribution < 1.29 is 4.74 Å². The molecule has 0 radical (unpaired) electrons. The monoisotopic (exact) mass is 266 g/mol. The Morgan fingerprint density at radius 2 is 2.11 bits per heavy atom. The lowest BCUT2D eigenvalue weighted by atomic mass is 10.3. The van der Waals surface area contributed by atoms with Crippen molar-refractivity contribution in [1.82, 2.24) is 9.97 Å². The van der Waals surface area contributed by atoms with Crippen LogP contribution >= 0.6 is 0 Å². The van der Waals surface area contributed by atoms with E-state index in [1.165, 1.54) is 0 Å². The number of nitrogens with zero attached hydrogens (tertiary/aromatic N) is 3. The molecule has 0 fully saturated rings. The number of hydrogen-bond donors (Lipinski definition) is 1. The van der Waals surface area contributed by atoms with E-state index in [2.05, 4.69) is 41.1 Å². The molecule has 0 saturated carbocycles. The first-order chi connectivity index (χ1) is 9.21. The summed E-state index contributed by atoms with van der Waals surface area (Å²) in [5.41, 5.74) is 0. The number of methoxy groups -OCH3 is 1. The van der Waals surface area contributed by atoms with Crippen molar-refractivity contribution in [3.63, 3.8) is 0 Å². The van der Waals surface area contributed by atoms with Crippen LogP contribution in [0.1, 0.15) is 32.5 Å². The van der Waals surface area contributed by atoms with Crippen LogP contribution in [0.3, 0.4) is 0 Å². The van der Waals surface area contributed by atoms with Gasteiger partial charge in [-0.1, -0.05) is 6.92 Å². The average molecular weight is 266 g/mol. The van der Waals surface area contributed by atoms with Crippen LogP contribution in [0.25, 0.3) is 0 Å². The maximum Gasteiger partial charge on any atom is 0.134 e. The summed E-state index contributed by atoms with van der Waals surface area (Å²) in [6.07, 6.45) is 2.97. The molecule has 0 amide bonds. The summed E-state index contributed by atoms with van der Waals surface area (Å²) in [7, 11) is 3.79. The van der Waals surface area contributed by atoms with Gasteiger partial charge in [0.1, 0.15) is 17.5 Å². The number of aryl methyl sites for hydroxylation is 1. The van der Waals surface area contributed by atoms with E-state index in [4.69, 9.17) is 4.74 Å². The van der Waals surface area contributed by atoms with Crippen molar-refractivity contribution >= 4 is 11.6 Å². The second-order valence-electron chi connectivity index (χ2n) is 4.58. The zero-order valence-corrected chi connectivity index (χ0v) is 12.6. The van der Waals surface area contributed by atoms with E-state index in [-0.39, 0.29) is 0 Å². The molecule has 1 aromatic rings. The molecule has 0 aliphatic heterocycles. The van der Waals surface area contributed by atoms with Crippen LogP contribution in [0, 0.1) is 0 Å². The maximum atomic E-state index is 5.08. The summed E-state index contributed by atoms with van der Waals surface area (Å²) in [5, 5.41) is 3.27. The normalized spacial score (nSPS) is 10.5. The lowest BCUT2D eigenvalue weighted by Crippen LogP contribution is -2.22. The third kappa shape index (κ3) is 5.42. The summed E-state index contributed by atoms with van der Waals surface area (Å²) in [6, 6.07) is 2.01. The minimum absolute atomic E-state index is 0.775. The standard InChI is InChI=1S/C14H26N4O/c1-5-8-12-16-13(15-6-2)11-14(17-12)18(3)9-7-10-19-4/h11H,5-10H2,1-4H3,(H,15,16,17). The Hall–Kier alpha value is -1.36. The Morgan fingerprint density at radius 1 is 1.32 bits per heavy atom. The van der Waals surface area contributed by atoms with Crippen molar-refractivity contribution in [2.75, 3.05) is 44.1 Å². The molecule has 1 heterocycles. The van der Waals surface area contributed by atoms with E-state index in [1.54, 1.807) is 7.11 Å². The predicted molar refractivity (Wildman–Crippen MR) is 80.0 cm³/mol. The molecule has 108 valence electrons. The van der Waals surface area contributed by atoms with Gasteiger partial charge in [-0.15, -0.1) is 0 Å². The highest BCUT2D eigenvalue weighted by Gasteiger charge is 2.07. The van der Waals surface area contributed by atoms with Gasteiger partial charge in [0.2, 0.25) is 0 Å². The average Bonchev–Trinajstić information content (AvgIpc) is 2.39. The van der Waals surface area contributed by atoms with Crippen molar-refractivity contribution in [3.05, 3.63) is 11.9 Å². The predicted octanol–water partition coefficient (Wildman–Crippen LogP) is 2.33. The first-order valence-corrected chi connectivity index (χ1v) is 7.03. The number of rotatable bonds is 9. The van der Waals surface area contributed by atoms with Gasteiger partial charge in [0.15, 0.2) is 0 Å². The molecule has 0 bridgehead atoms. The number of aromatic nitrogens is 2. The van der Waals surface area contributed by atoms with Crippen LogP contribution in [0.5, 0.6) is 0 Å². The van der Waals surface area contributed by atoms with Gasteiger partial charge in [-0.2, -0.15) is 0 Å². The highest BCUT2D eigenvalue weighted by Crippen LogP contribution is 2.16. The molecular weight excluding hydrogens is 240 g/mol. The van der Waals surface area contributed by atoms with E-state index < -0.39 is 0 Å². The fraction of sp³-hybridized carbons (Fsp3) is 0.714. The van der Waals surface area contributed by atoms with Crippen LogP contribution in [-0.4, -0.2) is 43.8 Å². The molecule has 0 aliphatic carbocycles. The zero-order valence-electron chi connectivity index (χ0n) is 12.6. The fourth-order valence-corrected chi connectivity index (χ4v) is 1.85. The molecule has 0 unspecified atom stereocenters. The number of ether oxygens (including phenoxy) is 1. The topological polar surface area (TPSA) is 50.3 Å². The number of anilines is 2. The Balaban J connectivity index is 2.78. The number of nitrogens with one attached hydrogen (secondary N) is 1. The molecule has 0 saturated heterocycles. The van der Waals surface area contributed by atoms with Gasteiger partial charge in [0, 0.05) is 46.3 Å². The summed E-state index contributed by atoms with van der Waals surface area (Å²) >= 11 is 0. The Kier molecular flexibility index (Phi) is 7.18. The molecule has 0 atom stereocenters.